The van der Waals surface area contributed by atoms with Crippen molar-refractivity contribution in [1.82, 2.24) is 0 Å². The van der Waals surface area contributed by atoms with E-state index in [1.54, 1.807) is 0 Å². The van der Waals surface area contributed by atoms with Crippen LogP contribution in [0.4, 0.5) is 0 Å². The average Bonchev–Trinajstić information content (AvgIpc) is 3.16. The number of ether oxygens (including phenoxy) is 4. The Morgan fingerprint density at radius 1 is 0.589 bits per heavy atom. The summed E-state index contributed by atoms with van der Waals surface area (Å²) in [4.78, 5) is 25.3. The molecule has 0 radical (unpaired) electrons. The maximum absolute atomic E-state index is 12.8. The number of esters is 2. The average molecular weight is 819 g/mol. The number of allylic oxidation sites excluding steroid dienone is 4. The molecule has 1 rings (SSSR count). The van der Waals surface area contributed by atoms with E-state index in [0.29, 0.717) is 12.8 Å². The van der Waals surface area contributed by atoms with E-state index in [1.165, 1.54) is 83.5 Å². The van der Waals surface area contributed by atoms with Gasteiger partial charge in [-0.05, 0) is 64.2 Å². The molecule has 1 saturated heterocycles. The molecule has 1 heterocycles. The number of rotatable bonds is 36. The third kappa shape index (κ3) is 28.5. The Hall–Kier alpha value is -1.87. The molecule has 1 aliphatic heterocycles. The van der Waals surface area contributed by atoms with Crippen molar-refractivity contribution in [2.75, 3.05) is 19.0 Å². The first-order valence-corrected chi connectivity index (χ1v) is 23.5. The molecule has 0 bridgehead atoms. The largest absolute Gasteiger partial charge is 0.462 e. The van der Waals surface area contributed by atoms with Crippen LogP contribution in [-0.2, 0) is 38.7 Å². The molecule has 0 saturated carbocycles. The van der Waals surface area contributed by atoms with Crippen LogP contribution in [0.25, 0.3) is 0 Å². The molecule has 1 fully saturated rings. The molecule has 0 aromatic heterocycles. The molecule has 0 amide bonds. The van der Waals surface area contributed by atoms with E-state index in [1.807, 2.05) is 0 Å². The number of hydrogen-bond donors (Lipinski definition) is 4. The van der Waals surface area contributed by atoms with Crippen LogP contribution in [0.3, 0.4) is 0 Å². The number of hydrogen-bond acceptors (Lipinski definition) is 11. The second-order valence-corrected chi connectivity index (χ2v) is 16.9. The molecule has 12 nitrogen and oxygen atoms in total. The summed E-state index contributed by atoms with van der Waals surface area (Å²) in [5.74, 6) is -2.02. The van der Waals surface area contributed by atoms with Crippen molar-refractivity contribution in [3.8, 4) is 0 Å². The summed E-state index contributed by atoms with van der Waals surface area (Å²) >= 11 is 0. The summed E-state index contributed by atoms with van der Waals surface area (Å²) < 4.78 is 53.9. The van der Waals surface area contributed by atoms with Crippen LogP contribution < -0.4 is 0 Å². The third-order valence-electron chi connectivity index (χ3n) is 10.0. The molecule has 0 spiro atoms. The second kappa shape index (κ2) is 34.0. The number of unbranched alkanes of at least 4 members (excludes halogenated alkanes) is 20. The zero-order valence-electron chi connectivity index (χ0n) is 34.7. The lowest BCUT2D eigenvalue weighted by atomic mass is 10.00. The van der Waals surface area contributed by atoms with Crippen molar-refractivity contribution in [3.05, 3.63) is 24.3 Å². The Morgan fingerprint density at radius 3 is 1.54 bits per heavy atom. The molecule has 13 heteroatoms. The van der Waals surface area contributed by atoms with Gasteiger partial charge in [-0.1, -0.05) is 128 Å². The Morgan fingerprint density at radius 2 is 1.02 bits per heavy atom. The zero-order chi connectivity index (χ0) is 41.3. The monoisotopic (exact) mass is 819 g/mol. The van der Waals surface area contributed by atoms with Crippen molar-refractivity contribution >= 4 is 22.1 Å². The minimum absolute atomic E-state index is 0.151. The molecule has 328 valence electrons. The van der Waals surface area contributed by atoms with Gasteiger partial charge in [-0.15, -0.1) is 0 Å². The smallest absolute Gasteiger partial charge is 0.306 e. The van der Waals surface area contributed by atoms with Gasteiger partial charge in [-0.2, -0.15) is 8.42 Å². The highest BCUT2D eigenvalue weighted by atomic mass is 32.2. The van der Waals surface area contributed by atoms with Gasteiger partial charge in [0.25, 0.3) is 10.1 Å². The lowest BCUT2D eigenvalue weighted by molar-refractivity contribution is -0.297. The summed E-state index contributed by atoms with van der Waals surface area (Å²) in [5, 5.41) is 30.8. The minimum atomic E-state index is -4.60. The van der Waals surface area contributed by atoms with Gasteiger partial charge in [0, 0.05) is 12.8 Å². The van der Waals surface area contributed by atoms with Gasteiger partial charge < -0.3 is 34.3 Å². The molecule has 0 aliphatic carbocycles. The van der Waals surface area contributed by atoms with Crippen LogP contribution in [0.15, 0.2) is 24.3 Å². The van der Waals surface area contributed by atoms with Gasteiger partial charge in [-0.25, -0.2) is 0 Å². The maximum atomic E-state index is 12.8. The van der Waals surface area contributed by atoms with Crippen molar-refractivity contribution in [2.24, 2.45) is 0 Å². The standard InChI is InChI=1S/C43H78O12S/c1-3-5-7-9-11-13-15-17-18-20-21-23-25-27-29-31-38(44)52-33-36(34-53-43-42(48)41(47)40(46)37(55-43)35-56(49,50)51)54-39(45)32-30-28-26-24-22-19-16-14-12-10-8-6-4-2/h14,16,21,23,36-37,40-43,46-48H,3-13,15,17-20,22,24-35H2,1-2H3,(H,49,50,51)/b16-14+,23-21+/t36-,37-,40-,41?,42?,43+/m1/s1. The molecular formula is C43H78O12S. The first-order valence-electron chi connectivity index (χ1n) is 21.9. The van der Waals surface area contributed by atoms with Crippen LogP contribution in [-0.4, -0.2) is 96.0 Å². The predicted octanol–water partition coefficient (Wildman–Crippen LogP) is 8.45. The molecule has 0 aromatic rings. The fourth-order valence-corrected chi connectivity index (χ4v) is 7.24. The van der Waals surface area contributed by atoms with Gasteiger partial charge in [0.15, 0.2) is 12.4 Å². The zero-order valence-corrected chi connectivity index (χ0v) is 35.6. The first-order chi connectivity index (χ1) is 27.0. The molecule has 2 unspecified atom stereocenters. The van der Waals surface area contributed by atoms with Gasteiger partial charge >= 0.3 is 11.9 Å². The fraction of sp³-hybridized carbons (Fsp3) is 0.860. The Labute approximate surface area is 338 Å². The van der Waals surface area contributed by atoms with E-state index in [2.05, 4.69) is 38.2 Å². The molecule has 6 atom stereocenters. The van der Waals surface area contributed by atoms with Crippen LogP contribution in [0.5, 0.6) is 0 Å². The SMILES string of the molecule is CCCCCC/C=C/CCCCCCCC(=O)O[C@H](COC(=O)CCCC/C=C/CCCCCCCCCCC)CO[C@H]1O[C@H](CS(=O)(=O)O)[C@@H](O)C(O)C1O. The van der Waals surface area contributed by atoms with E-state index < -0.39 is 71.2 Å². The van der Waals surface area contributed by atoms with Crippen molar-refractivity contribution < 1.29 is 56.8 Å². The summed E-state index contributed by atoms with van der Waals surface area (Å²) in [6.45, 7) is 3.71. The Kier molecular flexibility index (Phi) is 31.7. The van der Waals surface area contributed by atoms with Crippen molar-refractivity contribution in [1.29, 1.82) is 0 Å². The normalized spacial score (nSPS) is 20.9. The summed E-state index contributed by atoms with van der Waals surface area (Å²) in [6, 6.07) is 0. The van der Waals surface area contributed by atoms with Crippen molar-refractivity contribution in [3.63, 3.8) is 0 Å². The number of carbonyl (C=O) groups excluding carboxylic acids is 2. The van der Waals surface area contributed by atoms with Crippen LogP contribution in [0, 0.1) is 0 Å². The molecule has 0 aromatic carbocycles. The molecule has 1 aliphatic rings. The van der Waals surface area contributed by atoms with Gasteiger partial charge in [-0.3, -0.25) is 14.1 Å². The summed E-state index contributed by atoms with van der Waals surface area (Å²) in [7, 11) is -4.60. The summed E-state index contributed by atoms with van der Waals surface area (Å²) in [5.41, 5.74) is 0. The number of aliphatic hydroxyl groups excluding tert-OH is 3. The van der Waals surface area contributed by atoms with E-state index in [0.717, 1.165) is 57.8 Å². The van der Waals surface area contributed by atoms with E-state index in [-0.39, 0.29) is 19.4 Å². The highest BCUT2D eigenvalue weighted by Crippen LogP contribution is 2.24. The Bertz CT molecular complexity index is 1140. The predicted molar refractivity (Wildman–Crippen MR) is 220 cm³/mol. The van der Waals surface area contributed by atoms with Gasteiger partial charge in [0.05, 0.1) is 6.61 Å². The molecular weight excluding hydrogens is 741 g/mol. The van der Waals surface area contributed by atoms with E-state index in [4.69, 9.17) is 18.9 Å². The van der Waals surface area contributed by atoms with Crippen LogP contribution in [0.1, 0.15) is 181 Å². The van der Waals surface area contributed by atoms with E-state index in [9.17, 15) is 37.9 Å². The van der Waals surface area contributed by atoms with Crippen molar-refractivity contribution in [2.45, 2.75) is 218 Å². The highest BCUT2D eigenvalue weighted by molar-refractivity contribution is 7.85. The quantitative estimate of drug-likeness (QED) is 0.0205. The molecule has 4 N–H and O–H groups in total. The Balaban J connectivity index is 2.48. The first kappa shape index (κ1) is 52.1. The van der Waals surface area contributed by atoms with Gasteiger partial charge in [0.1, 0.15) is 36.8 Å². The van der Waals surface area contributed by atoms with Crippen LogP contribution >= 0.6 is 0 Å². The lowest BCUT2D eigenvalue weighted by Gasteiger charge is -2.40. The minimum Gasteiger partial charge on any atom is -0.462 e. The lowest BCUT2D eigenvalue weighted by Crippen LogP contribution is -2.60. The maximum Gasteiger partial charge on any atom is 0.306 e. The molecule has 56 heavy (non-hydrogen) atoms. The van der Waals surface area contributed by atoms with Gasteiger partial charge in [0.2, 0.25) is 0 Å². The highest BCUT2D eigenvalue weighted by Gasteiger charge is 2.46. The third-order valence-corrected chi connectivity index (χ3v) is 10.8. The fourth-order valence-electron chi connectivity index (χ4n) is 6.55. The summed E-state index contributed by atoms with van der Waals surface area (Å²) in [6.07, 6.45) is 26.6. The number of carbonyl (C=O) groups is 2. The topological polar surface area (TPSA) is 186 Å². The second-order valence-electron chi connectivity index (χ2n) is 15.4. The number of aliphatic hydroxyl groups is 3. The van der Waals surface area contributed by atoms with Crippen LogP contribution in [0.2, 0.25) is 0 Å². The van der Waals surface area contributed by atoms with E-state index >= 15 is 0 Å².